The van der Waals surface area contributed by atoms with Gasteiger partial charge in [-0.1, -0.05) is 35.1 Å². The summed E-state index contributed by atoms with van der Waals surface area (Å²) in [5, 5.41) is 4.79. The molecule has 2 heterocycles. The van der Waals surface area contributed by atoms with Crippen molar-refractivity contribution in [2.75, 3.05) is 0 Å². The summed E-state index contributed by atoms with van der Waals surface area (Å²) in [4.78, 5) is 8.59. The van der Waals surface area contributed by atoms with Gasteiger partial charge in [0.2, 0.25) is 11.7 Å². The SMILES string of the molecule is Cc1ccc(SCc2nc(-c3ccc(C)c(F)c3)no2)nc1. The molecule has 112 valence electrons. The van der Waals surface area contributed by atoms with Crippen LogP contribution in [-0.4, -0.2) is 15.1 Å². The van der Waals surface area contributed by atoms with Crippen molar-refractivity contribution in [3.05, 3.63) is 59.4 Å². The molecule has 1 aromatic carbocycles. The molecule has 0 saturated carbocycles. The lowest BCUT2D eigenvalue weighted by Crippen LogP contribution is -1.87. The summed E-state index contributed by atoms with van der Waals surface area (Å²) < 4.78 is 18.8. The smallest absolute Gasteiger partial charge is 0.237 e. The van der Waals surface area contributed by atoms with E-state index in [4.69, 9.17) is 4.52 Å². The molecule has 3 aromatic rings. The normalized spacial score (nSPS) is 10.9. The minimum absolute atomic E-state index is 0.276. The Kier molecular flexibility index (Phi) is 4.20. The lowest BCUT2D eigenvalue weighted by atomic mass is 10.1. The number of thioether (sulfide) groups is 1. The summed E-state index contributed by atoms with van der Waals surface area (Å²) in [6, 6.07) is 8.85. The maximum absolute atomic E-state index is 13.6. The highest BCUT2D eigenvalue weighted by atomic mass is 32.2. The third kappa shape index (κ3) is 3.33. The Hall–Kier alpha value is -2.21. The molecule has 0 saturated heterocycles. The molecule has 0 unspecified atom stereocenters. The van der Waals surface area contributed by atoms with Crippen molar-refractivity contribution >= 4 is 11.8 Å². The summed E-state index contributed by atoms with van der Waals surface area (Å²) in [6.45, 7) is 3.71. The van der Waals surface area contributed by atoms with Crippen molar-refractivity contribution < 1.29 is 8.91 Å². The number of benzene rings is 1. The van der Waals surface area contributed by atoms with Crippen LogP contribution in [0.25, 0.3) is 11.4 Å². The number of pyridine rings is 1. The van der Waals surface area contributed by atoms with Crippen molar-refractivity contribution in [1.82, 2.24) is 15.1 Å². The fourth-order valence-corrected chi connectivity index (χ4v) is 2.52. The Labute approximate surface area is 131 Å². The number of hydrogen-bond donors (Lipinski definition) is 0. The van der Waals surface area contributed by atoms with Gasteiger partial charge >= 0.3 is 0 Å². The Morgan fingerprint density at radius 2 is 2.05 bits per heavy atom. The van der Waals surface area contributed by atoms with Crippen molar-refractivity contribution in [2.24, 2.45) is 0 Å². The van der Waals surface area contributed by atoms with E-state index in [1.54, 1.807) is 19.1 Å². The predicted molar refractivity (Wildman–Crippen MR) is 83.0 cm³/mol. The Morgan fingerprint density at radius 1 is 1.18 bits per heavy atom. The molecule has 0 aliphatic rings. The molecule has 0 amide bonds. The first-order chi connectivity index (χ1) is 10.6. The zero-order valence-electron chi connectivity index (χ0n) is 12.2. The van der Waals surface area contributed by atoms with E-state index in [2.05, 4.69) is 15.1 Å². The van der Waals surface area contributed by atoms with Crippen LogP contribution in [0, 0.1) is 19.7 Å². The van der Waals surface area contributed by atoms with Crippen molar-refractivity contribution in [1.29, 1.82) is 0 Å². The maximum Gasteiger partial charge on any atom is 0.237 e. The molecule has 0 aliphatic heterocycles. The van der Waals surface area contributed by atoms with Crippen LogP contribution in [0.4, 0.5) is 4.39 Å². The average Bonchev–Trinajstić information content (AvgIpc) is 2.98. The number of aryl methyl sites for hydroxylation is 2. The summed E-state index contributed by atoms with van der Waals surface area (Å²) in [5.74, 6) is 1.13. The second kappa shape index (κ2) is 6.27. The first-order valence-corrected chi connectivity index (χ1v) is 7.75. The van der Waals surface area contributed by atoms with Crippen LogP contribution < -0.4 is 0 Å². The predicted octanol–water partition coefficient (Wildman–Crippen LogP) is 4.18. The first-order valence-electron chi connectivity index (χ1n) is 6.76. The molecule has 3 rings (SSSR count). The molecule has 22 heavy (non-hydrogen) atoms. The first kappa shape index (κ1) is 14.7. The second-order valence-corrected chi connectivity index (χ2v) is 5.93. The third-order valence-corrected chi connectivity index (χ3v) is 4.05. The van der Waals surface area contributed by atoms with Gasteiger partial charge in [-0.15, -0.1) is 0 Å². The standard InChI is InChI=1S/C16H14FN3OS/c1-10-3-6-15(18-8-10)22-9-14-19-16(20-21-14)12-5-4-11(2)13(17)7-12/h3-8H,9H2,1-2H3. The van der Waals surface area contributed by atoms with E-state index in [1.807, 2.05) is 25.3 Å². The van der Waals surface area contributed by atoms with Crippen LogP contribution in [0.15, 0.2) is 46.1 Å². The molecule has 0 N–H and O–H groups in total. The van der Waals surface area contributed by atoms with Crippen LogP contribution in [0.1, 0.15) is 17.0 Å². The van der Waals surface area contributed by atoms with Crippen LogP contribution in [0.3, 0.4) is 0 Å². The van der Waals surface area contributed by atoms with E-state index in [0.29, 0.717) is 28.6 Å². The highest BCUT2D eigenvalue weighted by Gasteiger charge is 2.11. The number of rotatable bonds is 4. The Bertz CT molecular complexity index is 786. The number of nitrogens with zero attached hydrogens (tertiary/aromatic N) is 3. The lowest BCUT2D eigenvalue weighted by Gasteiger charge is -1.98. The highest BCUT2D eigenvalue weighted by Crippen LogP contribution is 2.23. The van der Waals surface area contributed by atoms with Gasteiger partial charge in [0.25, 0.3) is 0 Å². The number of hydrogen-bond acceptors (Lipinski definition) is 5. The Morgan fingerprint density at radius 3 is 2.77 bits per heavy atom. The zero-order valence-corrected chi connectivity index (χ0v) is 13.0. The fourth-order valence-electron chi connectivity index (χ4n) is 1.84. The minimum atomic E-state index is -0.276. The summed E-state index contributed by atoms with van der Waals surface area (Å²) >= 11 is 1.51. The van der Waals surface area contributed by atoms with Gasteiger partial charge in [0.15, 0.2) is 0 Å². The van der Waals surface area contributed by atoms with E-state index >= 15 is 0 Å². The van der Waals surface area contributed by atoms with Gasteiger partial charge < -0.3 is 4.52 Å². The highest BCUT2D eigenvalue weighted by molar-refractivity contribution is 7.98. The second-order valence-electron chi connectivity index (χ2n) is 4.94. The molecule has 0 atom stereocenters. The lowest BCUT2D eigenvalue weighted by molar-refractivity contribution is 0.391. The molecule has 0 spiro atoms. The van der Waals surface area contributed by atoms with Gasteiger partial charge in [0.1, 0.15) is 5.82 Å². The van der Waals surface area contributed by atoms with Crippen molar-refractivity contribution in [2.45, 2.75) is 24.6 Å². The average molecular weight is 315 g/mol. The minimum Gasteiger partial charge on any atom is -0.338 e. The van der Waals surface area contributed by atoms with Gasteiger partial charge in [0.05, 0.1) is 10.8 Å². The molecule has 0 aliphatic carbocycles. The van der Waals surface area contributed by atoms with Crippen LogP contribution >= 0.6 is 11.8 Å². The summed E-state index contributed by atoms with van der Waals surface area (Å²) in [5.41, 5.74) is 2.32. The number of halogens is 1. The third-order valence-electron chi connectivity index (χ3n) is 3.13. The van der Waals surface area contributed by atoms with E-state index in [0.717, 1.165) is 10.6 Å². The largest absolute Gasteiger partial charge is 0.338 e. The molecule has 2 aromatic heterocycles. The summed E-state index contributed by atoms with van der Waals surface area (Å²) in [6.07, 6.45) is 1.82. The van der Waals surface area contributed by atoms with Gasteiger partial charge in [-0.3, -0.25) is 0 Å². The van der Waals surface area contributed by atoms with Crippen LogP contribution in [0.2, 0.25) is 0 Å². The van der Waals surface area contributed by atoms with Gasteiger partial charge in [-0.05, 0) is 37.1 Å². The zero-order chi connectivity index (χ0) is 15.5. The maximum atomic E-state index is 13.6. The molecule has 0 bridgehead atoms. The summed E-state index contributed by atoms with van der Waals surface area (Å²) in [7, 11) is 0. The van der Waals surface area contributed by atoms with Gasteiger partial charge in [-0.25, -0.2) is 9.37 Å². The molecule has 4 nitrogen and oxygen atoms in total. The van der Waals surface area contributed by atoms with E-state index in [1.165, 1.54) is 17.8 Å². The van der Waals surface area contributed by atoms with E-state index in [-0.39, 0.29) is 5.82 Å². The van der Waals surface area contributed by atoms with E-state index < -0.39 is 0 Å². The van der Waals surface area contributed by atoms with Crippen LogP contribution in [0.5, 0.6) is 0 Å². The van der Waals surface area contributed by atoms with Gasteiger partial charge in [-0.2, -0.15) is 4.98 Å². The topological polar surface area (TPSA) is 51.8 Å². The van der Waals surface area contributed by atoms with E-state index in [9.17, 15) is 4.39 Å². The molecular formula is C16H14FN3OS. The quantitative estimate of drug-likeness (QED) is 0.676. The van der Waals surface area contributed by atoms with Crippen molar-refractivity contribution in [3.63, 3.8) is 0 Å². The molecule has 0 fully saturated rings. The molecule has 0 radical (unpaired) electrons. The fraction of sp³-hybridized carbons (Fsp3) is 0.188. The molecular weight excluding hydrogens is 301 g/mol. The van der Waals surface area contributed by atoms with Crippen molar-refractivity contribution in [3.8, 4) is 11.4 Å². The Balaban J connectivity index is 1.70. The van der Waals surface area contributed by atoms with Gasteiger partial charge in [0, 0.05) is 11.8 Å². The monoisotopic (exact) mass is 315 g/mol. The van der Waals surface area contributed by atoms with Crippen LogP contribution in [-0.2, 0) is 5.75 Å². The number of aromatic nitrogens is 3. The molecule has 6 heteroatoms.